The molecule has 0 spiro atoms. The zero-order valence-corrected chi connectivity index (χ0v) is 25.0. The quantitative estimate of drug-likeness (QED) is 0.292. The van der Waals surface area contributed by atoms with Gasteiger partial charge in [-0.2, -0.15) is 0 Å². The Morgan fingerprint density at radius 1 is 1.09 bits per heavy atom. The number of hydrogen-bond donors (Lipinski definition) is 2. The van der Waals surface area contributed by atoms with Crippen LogP contribution in [0.3, 0.4) is 0 Å². The summed E-state index contributed by atoms with van der Waals surface area (Å²) in [5, 5.41) is 17.1. The number of carbonyl (C=O) groups is 1. The number of aliphatic hydroxyl groups excluding tert-OH is 1. The number of piperidine rings is 1. The minimum atomic E-state index is -1.01. The zero-order chi connectivity index (χ0) is 30.1. The first-order valence-electron chi connectivity index (χ1n) is 14.5. The van der Waals surface area contributed by atoms with E-state index in [2.05, 4.69) is 20.5 Å². The molecular weight excluding hydrogens is 572 g/mol. The van der Waals surface area contributed by atoms with E-state index in [0.717, 1.165) is 80.0 Å². The molecule has 3 aliphatic heterocycles. The highest BCUT2D eigenvalue weighted by molar-refractivity contribution is 6.30. The highest BCUT2D eigenvalue weighted by Crippen LogP contribution is 2.49. The number of imidazole rings is 1. The summed E-state index contributed by atoms with van der Waals surface area (Å²) in [6, 6.07) is 14.9. The van der Waals surface area contributed by atoms with Gasteiger partial charge in [-0.3, -0.25) is 9.88 Å². The van der Waals surface area contributed by atoms with Crippen molar-refractivity contribution in [2.45, 2.75) is 57.1 Å². The Labute approximate surface area is 254 Å². The van der Waals surface area contributed by atoms with E-state index in [0.29, 0.717) is 29.7 Å². The fraction of sp³-hybridized carbons (Fsp3) is 0.406. The monoisotopic (exact) mass is 606 g/mol. The second-order valence-electron chi connectivity index (χ2n) is 11.2. The largest absolute Gasteiger partial charge is 0.478 e. The molecule has 0 aliphatic carbocycles. The van der Waals surface area contributed by atoms with Crippen molar-refractivity contribution >= 4 is 28.6 Å². The lowest BCUT2D eigenvalue weighted by molar-refractivity contribution is -0.0722. The van der Waals surface area contributed by atoms with Gasteiger partial charge in [0.2, 0.25) is 0 Å². The molecular formula is C32H35ClN4O6. The van der Waals surface area contributed by atoms with Crippen molar-refractivity contribution in [3.8, 4) is 11.5 Å². The Kier molecular flexibility index (Phi) is 8.28. The van der Waals surface area contributed by atoms with Gasteiger partial charge < -0.3 is 29.0 Å². The number of ether oxygens (including phenoxy) is 3. The number of rotatable bonds is 7. The van der Waals surface area contributed by atoms with Gasteiger partial charge in [0.25, 0.3) is 5.79 Å². The molecule has 43 heavy (non-hydrogen) atoms. The maximum atomic E-state index is 11.6. The Hall–Kier alpha value is -3.70. The molecule has 10 nitrogen and oxygen atoms in total. The topological polar surface area (TPSA) is 119 Å². The van der Waals surface area contributed by atoms with Crippen LogP contribution in [0.15, 0.2) is 54.7 Å². The van der Waals surface area contributed by atoms with Gasteiger partial charge in [-0.1, -0.05) is 23.7 Å². The first-order valence-corrected chi connectivity index (χ1v) is 14.9. The molecule has 2 N–H and O–H groups in total. The highest BCUT2D eigenvalue weighted by atomic mass is 35.5. The summed E-state index contributed by atoms with van der Waals surface area (Å²) in [6.45, 7) is 5.86. The molecule has 11 heteroatoms. The number of hydrogen-bond acceptors (Lipinski definition) is 8. The van der Waals surface area contributed by atoms with Crippen LogP contribution in [0.1, 0.15) is 59.5 Å². The Morgan fingerprint density at radius 3 is 2.56 bits per heavy atom. The average molecular weight is 607 g/mol. The molecule has 226 valence electrons. The number of fused-ring (bicyclic) bond motifs is 2. The van der Waals surface area contributed by atoms with Gasteiger partial charge in [0.05, 0.1) is 40.8 Å². The number of para-hydroxylation sites is 1. The van der Waals surface area contributed by atoms with Gasteiger partial charge in [-0.05, 0) is 74.7 Å². The number of aromatic carboxylic acids is 1. The SMILES string of the molecule is CO.C[C@]1(c2ccc(Cl)cn2)Oc2cccc(C3CCN(Cc4nc5ccc(C(=O)O)cc5n4C[C@@H]4CCO4)CC3)c2O1. The molecule has 2 atom stereocenters. The van der Waals surface area contributed by atoms with Crippen LogP contribution in [0.5, 0.6) is 11.5 Å². The van der Waals surface area contributed by atoms with E-state index in [1.807, 2.05) is 25.1 Å². The zero-order valence-electron chi connectivity index (χ0n) is 24.2. The van der Waals surface area contributed by atoms with E-state index in [1.165, 1.54) is 0 Å². The number of carboxylic acids is 1. The van der Waals surface area contributed by atoms with Gasteiger partial charge in [-0.15, -0.1) is 0 Å². The number of likely N-dealkylation sites (tertiary alicyclic amines) is 1. The summed E-state index contributed by atoms with van der Waals surface area (Å²) < 4.78 is 20.6. The molecule has 3 aliphatic rings. The predicted octanol–water partition coefficient (Wildman–Crippen LogP) is 5.20. The van der Waals surface area contributed by atoms with Crippen molar-refractivity contribution in [2.24, 2.45) is 0 Å². The molecule has 5 heterocycles. The van der Waals surface area contributed by atoms with E-state index in [-0.39, 0.29) is 11.7 Å². The smallest absolute Gasteiger partial charge is 0.335 e. The molecule has 2 aromatic carbocycles. The minimum absolute atomic E-state index is 0.140. The summed E-state index contributed by atoms with van der Waals surface area (Å²) in [5.41, 5.74) is 3.76. The van der Waals surface area contributed by atoms with Crippen LogP contribution in [-0.4, -0.2) is 68.5 Å². The molecule has 0 unspecified atom stereocenters. The van der Waals surface area contributed by atoms with Crippen LogP contribution in [0.25, 0.3) is 11.0 Å². The number of pyridine rings is 1. The van der Waals surface area contributed by atoms with Crippen molar-refractivity contribution < 1.29 is 29.2 Å². The average Bonchev–Trinajstić information content (AvgIpc) is 3.53. The van der Waals surface area contributed by atoms with E-state index < -0.39 is 11.8 Å². The summed E-state index contributed by atoms with van der Waals surface area (Å²) >= 11 is 6.04. The number of aliphatic hydroxyl groups is 1. The van der Waals surface area contributed by atoms with Gasteiger partial charge in [0, 0.05) is 32.4 Å². The summed E-state index contributed by atoms with van der Waals surface area (Å²) in [4.78, 5) is 23.4. The highest BCUT2D eigenvalue weighted by Gasteiger charge is 2.42. The number of carboxylic acid groups (broad SMARTS) is 1. The van der Waals surface area contributed by atoms with Crippen molar-refractivity contribution in [3.63, 3.8) is 0 Å². The number of benzene rings is 2. The lowest BCUT2D eigenvalue weighted by Gasteiger charge is -2.33. The Morgan fingerprint density at radius 2 is 1.88 bits per heavy atom. The van der Waals surface area contributed by atoms with Crippen molar-refractivity contribution in [3.05, 3.63) is 82.4 Å². The number of nitrogens with zero attached hydrogens (tertiary/aromatic N) is 4. The fourth-order valence-electron chi connectivity index (χ4n) is 6.08. The summed E-state index contributed by atoms with van der Waals surface area (Å²) in [7, 11) is 1.00. The third-order valence-corrected chi connectivity index (χ3v) is 8.67. The van der Waals surface area contributed by atoms with Crippen LogP contribution in [0, 0.1) is 0 Å². The molecule has 2 fully saturated rings. The third-order valence-electron chi connectivity index (χ3n) is 8.45. The van der Waals surface area contributed by atoms with Crippen molar-refractivity contribution in [1.29, 1.82) is 0 Å². The van der Waals surface area contributed by atoms with Crippen LogP contribution in [-0.2, 0) is 23.6 Å². The molecule has 2 saturated heterocycles. The normalized spacial score (nSPS) is 21.7. The maximum absolute atomic E-state index is 11.6. The fourth-order valence-corrected chi connectivity index (χ4v) is 6.19. The van der Waals surface area contributed by atoms with Crippen LogP contribution >= 0.6 is 11.6 Å². The summed E-state index contributed by atoms with van der Waals surface area (Å²) in [6.07, 6.45) is 4.70. The molecule has 7 rings (SSSR count). The molecule has 4 aromatic rings. The van der Waals surface area contributed by atoms with E-state index in [4.69, 9.17) is 35.9 Å². The van der Waals surface area contributed by atoms with Gasteiger partial charge in [0.1, 0.15) is 11.5 Å². The lowest BCUT2D eigenvalue weighted by Crippen LogP contribution is -2.35. The Bertz CT molecular complexity index is 1610. The second kappa shape index (κ2) is 12.1. The number of halogens is 1. The van der Waals surface area contributed by atoms with Gasteiger partial charge in [0.15, 0.2) is 11.5 Å². The number of aromatic nitrogens is 3. The van der Waals surface area contributed by atoms with Crippen molar-refractivity contribution in [1.82, 2.24) is 19.4 Å². The first kappa shape index (κ1) is 29.4. The van der Waals surface area contributed by atoms with Gasteiger partial charge in [-0.25, -0.2) is 9.78 Å². The van der Waals surface area contributed by atoms with E-state index in [1.54, 1.807) is 30.5 Å². The molecule has 0 bridgehead atoms. The Balaban J connectivity index is 0.00000161. The first-order chi connectivity index (χ1) is 20.9. The van der Waals surface area contributed by atoms with Crippen LogP contribution in [0.4, 0.5) is 0 Å². The molecule has 0 amide bonds. The third kappa shape index (κ3) is 5.80. The van der Waals surface area contributed by atoms with E-state index >= 15 is 0 Å². The molecule has 0 radical (unpaired) electrons. The lowest BCUT2D eigenvalue weighted by atomic mass is 9.88. The van der Waals surface area contributed by atoms with E-state index in [9.17, 15) is 9.90 Å². The molecule has 2 aromatic heterocycles. The maximum Gasteiger partial charge on any atom is 0.335 e. The van der Waals surface area contributed by atoms with Crippen LogP contribution in [0.2, 0.25) is 5.02 Å². The predicted molar refractivity (Wildman–Crippen MR) is 161 cm³/mol. The molecule has 0 saturated carbocycles. The van der Waals surface area contributed by atoms with Crippen molar-refractivity contribution in [2.75, 3.05) is 26.8 Å². The second-order valence-corrected chi connectivity index (χ2v) is 11.6. The van der Waals surface area contributed by atoms with Crippen LogP contribution < -0.4 is 9.47 Å². The minimum Gasteiger partial charge on any atom is -0.478 e. The standard InChI is InChI=1S/C31H31ClN4O5.CH4O/c1-31(27-8-6-21(32)16-33-27)40-26-4-2-3-23(29(26)41-31)19-9-12-35(13-10-19)18-28-34-24-7-5-20(30(37)38)15-25(24)36(28)17-22-11-14-39-22;1-2/h2-8,15-16,19,22H,9-14,17-18H2,1H3,(H,37,38);2H,1H3/t22-,31-;/m0./s1. The van der Waals surface area contributed by atoms with Gasteiger partial charge >= 0.3 is 5.97 Å². The summed E-state index contributed by atoms with van der Waals surface area (Å²) in [5.74, 6) is 0.868.